The summed E-state index contributed by atoms with van der Waals surface area (Å²) in [6.07, 6.45) is 0.733. The van der Waals surface area contributed by atoms with Crippen LogP contribution in [0.1, 0.15) is 36.5 Å². The molecule has 26 heavy (non-hydrogen) atoms. The average Bonchev–Trinajstić information content (AvgIpc) is 2.98. The van der Waals surface area contributed by atoms with Crippen LogP contribution in [0, 0.1) is 22.5 Å². The molecule has 2 aromatic rings. The van der Waals surface area contributed by atoms with Gasteiger partial charge in [0.05, 0.1) is 16.3 Å². The van der Waals surface area contributed by atoms with Crippen molar-refractivity contribution in [3.05, 3.63) is 45.8 Å². The van der Waals surface area contributed by atoms with Crippen LogP contribution < -0.4 is 5.73 Å². The first-order chi connectivity index (χ1) is 12.2. The molecule has 1 atom stereocenters. The van der Waals surface area contributed by atoms with Crippen molar-refractivity contribution in [1.82, 2.24) is 19.9 Å². The Morgan fingerprint density at radius 2 is 2.15 bits per heavy atom. The number of rotatable bonds is 3. The Kier molecular flexibility index (Phi) is 4.49. The molecule has 1 aromatic carbocycles. The van der Waals surface area contributed by atoms with Gasteiger partial charge in [0.15, 0.2) is 5.69 Å². The smallest absolute Gasteiger partial charge is 0.276 e. The van der Waals surface area contributed by atoms with Crippen molar-refractivity contribution in [2.75, 3.05) is 13.1 Å². The van der Waals surface area contributed by atoms with Crippen LogP contribution in [0.4, 0.5) is 5.69 Å². The Labute approximate surface area is 150 Å². The molecule has 1 amide bonds. The number of piperidine rings is 1. The molecule has 9 nitrogen and oxygen atoms in total. The highest BCUT2D eigenvalue weighted by Gasteiger charge is 2.36. The van der Waals surface area contributed by atoms with Crippen LogP contribution >= 0.6 is 0 Å². The predicted octanol–water partition coefficient (Wildman–Crippen LogP) is 1.68. The Morgan fingerprint density at radius 3 is 2.81 bits per heavy atom. The van der Waals surface area contributed by atoms with E-state index in [2.05, 4.69) is 10.3 Å². The van der Waals surface area contributed by atoms with Gasteiger partial charge in [-0.25, -0.2) is 4.68 Å². The van der Waals surface area contributed by atoms with Gasteiger partial charge in [-0.3, -0.25) is 14.9 Å². The van der Waals surface area contributed by atoms with Gasteiger partial charge in [-0.2, -0.15) is 0 Å². The minimum atomic E-state index is -0.471. The molecule has 1 unspecified atom stereocenters. The zero-order valence-electron chi connectivity index (χ0n) is 15.0. The average molecular weight is 358 g/mol. The fourth-order valence-corrected chi connectivity index (χ4v) is 3.21. The zero-order chi connectivity index (χ0) is 19.1. The van der Waals surface area contributed by atoms with E-state index in [1.54, 1.807) is 24.0 Å². The molecule has 1 aromatic heterocycles. The van der Waals surface area contributed by atoms with Crippen molar-refractivity contribution in [2.24, 2.45) is 11.1 Å². The van der Waals surface area contributed by atoms with Crippen LogP contribution in [0.2, 0.25) is 0 Å². The minimum Gasteiger partial charge on any atom is -0.337 e. The maximum absolute atomic E-state index is 12.9. The van der Waals surface area contributed by atoms with Gasteiger partial charge in [0, 0.05) is 31.3 Å². The van der Waals surface area contributed by atoms with E-state index in [0.29, 0.717) is 24.5 Å². The second kappa shape index (κ2) is 6.49. The molecule has 1 aliphatic heterocycles. The second-order valence-corrected chi connectivity index (χ2v) is 7.32. The Bertz CT molecular complexity index is 860. The Morgan fingerprint density at radius 1 is 1.42 bits per heavy atom. The lowest BCUT2D eigenvalue weighted by molar-refractivity contribution is -0.384. The van der Waals surface area contributed by atoms with E-state index in [1.807, 2.05) is 13.8 Å². The molecular weight excluding hydrogens is 336 g/mol. The molecule has 1 fully saturated rings. The van der Waals surface area contributed by atoms with E-state index >= 15 is 0 Å². The number of likely N-dealkylation sites (tertiary alicyclic amines) is 1. The number of aromatic nitrogens is 3. The Hall–Kier alpha value is -2.81. The van der Waals surface area contributed by atoms with Gasteiger partial charge in [-0.1, -0.05) is 25.1 Å². The lowest BCUT2D eigenvalue weighted by Crippen LogP contribution is -2.54. The van der Waals surface area contributed by atoms with Crippen molar-refractivity contribution in [2.45, 2.75) is 33.2 Å². The topological polar surface area (TPSA) is 120 Å². The molecule has 0 radical (unpaired) electrons. The highest BCUT2D eigenvalue weighted by Crippen LogP contribution is 2.29. The van der Waals surface area contributed by atoms with Gasteiger partial charge in [0.25, 0.3) is 11.6 Å². The van der Waals surface area contributed by atoms with Gasteiger partial charge >= 0.3 is 0 Å². The summed E-state index contributed by atoms with van der Waals surface area (Å²) in [6, 6.07) is 6.12. The molecule has 1 aliphatic rings. The first-order valence-electron chi connectivity index (χ1n) is 8.42. The first kappa shape index (κ1) is 18.0. The number of hydrogen-bond donors (Lipinski definition) is 1. The van der Waals surface area contributed by atoms with Gasteiger partial charge in [-0.15, -0.1) is 5.10 Å². The number of nitrogens with two attached hydrogens (primary N) is 1. The number of amides is 1. The van der Waals surface area contributed by atoms with E-state index in [0.717, 1.165) is 6.42 Å². The number of carbonyl (C=O) groups is 1. The third-order valence-electron chi connectivity index (χ3n) is 4.98. The van der Waals surface area contributed by atoms with E-state index in [9.17, 15) is 14.9 Å². The second-order valence-electron chi connectivity index (χ2n) is 7.32. The normalized spacial score (nSPS) is 19.4. The van der Waals surface area contributed by atoms with Crippen molar-refractivity contribution >= 4 is 11.6 Å². The molecule has 0 spiro atoms. The summed E-state index contributed by atoms with van der Waals surface area (Å²) < 4.78 is 1.45. The molecule has 1 saturated heterocycles. The maximum Gasteiger partial charge on any atom is 0.276 e. The summed E-state index contributed by atoms with van der Waals surface area (Å²) in [5, 5.41) is 19.0. The van der Waals surface area contributed by atoms with Crippen LogP contribution in [0.5, 0.6) is 0 Å². The lowest BCUT2D eigenvalue weighted by atomic mass is 9.79. The van der Waals surface area contributed by atoms with Gasteiger partial charge < -0.3 is 10.6 Å². The molecule has 0 bridgehead atoms. The highest BCUT2D eigenvalue weighted by atomic mass is 16.6. The summed E-state index contributed by atoms with van der Waals surface area (Å²) in [6.45, 7) is 6.95. The molecule has 9 heteroatoms. The summed E-state index contributed by atoms with van der Waals surface area (Å²) in [5.41, 5.74) is 7.21. The highest BCUT2D eigenvalue weighted by molar-refractivity contribution is 5.93. The number of hydrogen-bond acceptors (Lipinski definition) is 6. The molecule has 0 aliphatic carbocycles. The lowest BCUT2D eigenvalue weighted by Gasteiger charge is -2.42. The van der Waals surface area contributed by atoms with Crippen LogP contribution in [-0.2, 0) is 0 Å². The third kappa shape index (κ3) is 3.17. The van der Waals surface area contributed by atoms with E-state index in [4.69, 9.17) is 5.73 Å². The Balaban J connectivity index is 1.88. The van der Waals surface area contributed by atoms with Crippen molar-refractivity contribution in [1.29, 1.82) is 0 Å². The SMILES string of the molecule is Cc1c(C(=O)N2CCC(N)C(C)(C)C2)nnn1-c1cccc([N+](=O)[O-])c1. The first-order valence-corrected chi connectivity index (χ1v) is 8.42. The number of benzene rings is 1. The van der Waals surface area contributed by atoms with Crippen LogP contribution in [-0.4, -0.2) is 49.9 Å². The fraction of sp³-hybridized carbons (Fsp3) is 0.471. The van der Waals surface area contributed by atoms with Crippen molar-refractivity contribution in [3.8, 4) is 5.69 Å². The molecule has 3 rings (SSSR count). The molecule has 2 N–H and O–H groups in total. The zero-order valence-corrected chi connectivity index (χ0v) is 15.0. The number of carbonyl (C=O) groups excluding carboxylic acids is 1. The monoisotopic (exact) mass is 358 g/mol. The predicted molar refractivity (Wildman–Crippen MR) is 95.0 cm³/mol. The summed E-state index contributed by atoms with van der Waals surface area (Å²) in [7, 11) is 0. The summed E-state index contributed by atoms with van der Waals surface area (Å²) >= 11 is 0. The van der Waals surface area contributed by atoms with Crippen LogP contribution in [0.15, 0.2) is 24.3 Å². The minimum absolute atomic E-state index is 0.0444. The third-order valence-corrected chi connectivity index (χ3v) is 4.98. The van der Waals surface area contributed by atoms with E-state index < -0.39 is 4.92 Å². The van der Waals surface area contributed by atoms with Crippen LogP contribution in [0.25, 0.3) is 5.69 Å². The standard InChI is InChI=1S/C17H22N6O3/c1-11-15(16(24)21-8-7-14(18)17(2,3)10-21)19-20-22(11)12-5-4-6-13(9-12)23(25)26/h4-6,9,14H,7-8,10,18H2,1-3H3. The van der Waals surface area contributed by atoms with Crippen molar-refractivity contribution in [3.63, 3.8) is 0 Å². The van der Waals surface area contributed by atoms with Gasteiger partial charge in [0.2, 0.25) is 0 Å². The van der Waals surface area contributed by atoms with Gasteiger partial charge in [-0.05, 0) is 24.8 Å². The van der Waals surface area contributed by atoms with E-state index in [-0.39, 0.29) is 28.7 Å². The summed E-state index contributed by atoms with van der Waals surface area (Å²) in [5.74, 6) is -0.195. The largest absolute Gasteiger partial charge is 0.337 e. The van der Waals surface area contributed by atoms with Crippen molar-refractivity contribution < 1.29 is 9.72 Å². The summed E-state index contributed by atoms with van der Waals surface area (Å²) in [4.78, 5) is 25.1. The number of nitro groups is 1. The quantitative estimate of drug-likeness (QED) is 0.658. The maximum atomic E-state index is 12.9. The molecule has 2 heterocycles. The van der Waals surface area contributed by atoms with Gasteiger partial charge in [0.1, 0.15) is 0 Å². The number of nitro benzene ring substituents is 1. The fourth-order valence-electron chi connectivity index (χ4n) is 3.21. The molecular formula is C17H22N6O3. The number of nitrogens with zero attached hydrogens (tertiary/aromatic N) is 5. The molecule has 0 saturated carbocycles. The number of non-ortho nitro benzene ring substituents is 1. The molecule has 138 valence electrons. The van der Waals surface area contributed by atoms with Crippen LogP contribution in [0.3, 0.4) is 0 Å². The van der Waals surface area contributed by atoms with E-state index in [1.165, 1.54) is 16.8 Å².